The third-order valence-corrected chi connectivity index (χ3v) is 7.39. The molecule has 30 heavy (non-hydrogen) atoms. The molecule has 2 aliphatic rings. The summed E-state index contributed by atoms with van der Waals surface area (Å²) in [5.74, 6) is 0.896. The van der Waals surface area contributed by atoms with Gasteiger partial charge in [-0.05, 0) is 46.8 Å². The van der Waals surface area contributed by atoms with Crippen LogP contribution in [-0.4, -0.2) is 42.6 Å². The molecule has 4 heterocycles. The lowest BCUT2D eigenvalue weighted by molar-refractivity contribution is -0.130. The highest BCUT2D eigenvalue weighted by molar-refractivity contribution is 7.99. The fourth-order valence-corrected chi connectivity index (χ4v) is 5.58. The smallest absolute Gasteiger partial charge is 0.253 e. The minimum absolute atomic E-state index is 0.0776. The van der Waals surface area contributed by atoms with Crippen LogP contribution in [-0.2, 0) is 4.79 Å². The summed E-state index contributed by atoms with van der Waals surface area (Å²) in [5.41, 5.74) is 0.914. The maximum Gasteiger partial charge on any atom is 0.253 e. The van der Waals surface area contributed by atoms with Gasteiger partial charge < -0.3 is 4.42 Å². The van der Waals surface area contributed by atoms with Crippen molar-refractivity contribution in [2.45, 2.75) is 55.8 Å². The number of rotatable bonds is 6. The number of hydrazone groups is 1. The van der Waals surface area contributed by atoms with Crippen LogP contribution in [0.1, 0.15) is 61.2 Å². The van der Waals surface area contributed by atoms with E-state index in [2.05, 4.69) is 20.6 Å². The van der Waals surface area contributed by atoms with E-state index in [0.29, 0.717) is 17.6 Å². The molecule has 10 heteroatoms. The van der Waals surface area contributed by atoms with Gasteiger partial charge in [-0.15, -0.1) is 16.4 Å². The number of thiophene rings is 1. The first-order chi connectivity index (χ1) is 14.8. The van der Waals surface area contributed by atoms with Crippen molar-refractivity contribution in [3.8, 4) is 0 Å². The van der Waals surface area contributed by atoms with E-state index in [9.17, 15) is 4.79 Å². The molecular weight excluding hydrogens is 420 g/mol. The number of aromatic nitrogens is 4. The molecule has 0 N–H and O–H groups in total. The molecule has 156 valence electrons. The van der Waals surface area contributed by atoms with Gasteiger partial charge in [0.15, 0.2) is 0 Å². The number of nitrogens with zero attached hydrogens (tertiary/aromatic N) is 6. The first-order valence-corrected chi connectivity index (χ1v) is 12.0. The van der Waals surface area contributed by atoms with Gasteiger partial charge in [-0.3, -0.25) is 4.79 Å². The van der Waals surface area contributed by atoms with Gasteiger partial charge in [0, 0.05) is 6.42 Å². The molecule has 3 aromatic rings. The molecule has 0 spiro atoms. The number of furan rings is 1. The van der Waals surface area contributed by atoms with Crippen molar-refractivity contribution in [1.29, 1.82) is 0 Å². The molecule has 3 aromatic heterocycles. The highest BCUT2D eigenvalue weighted by Gasteiger charge is 2.35. The van der Waals surface area contributed by atoms with Crippen LogP contribution < -0.4 is 0 Å². The Hall–Kier alpha value is -2.46. The second-order valence-electron chi connectivity index (χ2n) is 7.48. The maximum absolute atomic E-state index is 13.1. The topological polar surface area (TPSA) is 89.4 Å². The van der Waals surface area contributed by atoms with Gasteiger partial charge in [-0.2, -0.15) is 5.10 Å². The van der Waals surface area contributed by atoms with Crippen molar-refractivity contribution < 1.29 is 9.21 Å². The minimum Gasteiger partial charge on any atom is -0.467 e. The number of carbonyl (C=O) groups is 1. The van der Waals surface area contributed by atoms with E-state index in [4.69, 9.17) is 4.42 Å². The number of hydrogen-bond donors (Lipinski definition) is 0. The molecule has 0 radical (unpaired) electrons. The van der Waals surface area contributed by atoms with Crippen LogP contribution in [0.3, 0.4) is 0 Å². The van der Waals surface area contributed by atoms with Crippen LogP contribution in [0, 0.1) is 0 Å². The van der Waals surface area contributed by atoms with E-state index in [1.54, 1.807) is 22.6 Å². The van der Waals surface area contributed by atoms with Gasteiger partial charge >= 0.3 is 0 Å². The van der Waals surface area contributed by atoms with Gasteiger partial charge in [-0.1, -0.05) is 37.1 Å². The lowest BCUT2D eigenvalue weighted by Gasteiger charge is -2.22. The Kier molecular flexibility index (Phi) is 5.67. The molecule has 0 bridgehead atoms. The van der Waals surface area contributed by atoms with Crippen LogP contribution in [0.5, 0.6) is 0 Å². The fourth-order valence-electron chi connectivity index (χ4n) is 4.06. The van der Waals surface area contributed by atoms with E-state index in [1.165, 1.54) is 31.0 Å². The van der Waals surface area contributed by atoms with E-state index in [1.807, 2.05) is 34.3 Å². The Balaban J connectivity index is 1.31. The summed E-state index contributed by atoms with van der Waals surface area (Å²) >= 11 is 3.01. The number of carbonyl (C=O) groups excluding carboxylic acids is 1. The summed E-state index contributed by atoms with van der Waals surface area (Å²) in [6.07, 6.45) is 8.13. The Labute approximate surface area is 182 Å². The number of thioether (sulfide) groups is 1. The zero-order valence-corrected chi connectivity index (χ0v) is 18.0. The minimum atomic E-state index is -0.223. The highest BCUT2D eigenvalue weighted by atomic mass is 32.2. The Morgan fingerprint density at radius 3 is 2.90 bits per heavy atom. The molecule has 1 aliphatic heterocycles. The average molecular weight is 443 g/mol. The zero-order valence-electron chi connectivity index (χ0n) is 16.4. The predicted octanol–water partition coefficient (Wildman–Crippen LogP) is 4.30. The van der Waals surface area contributed by atoms with Crippen LogP contribution >= 0.6 is 23.1 Å². The van der Waals surface area contributed by atoms with E-state index >= 15 is 0 Å². The molecule has 8 nitrogen and oxygen atoms in total. The molecule has 0 aromatic carbocycles. The summed E-state index contributed by atoms with van der Waals surface area (Å²) in [7, 11) is 0. The van der Waals surface area contributed by atoms with E-state index in [0.717, 1.165) is 29.2 Å². The van der Waals surface area contributed by atoms with Crippen molar-refractivity contribution in [1.82, 2.24) is 25.2 Å². The molecule has 1 amide bonds. The number of hydrogen-bond acceptors (Lipinski definition) is 8. The van der Waals surface area contributed by atoms with Crippen molar-refractivity contribution in [3.05, 3.63) is 46.5 Å². The Morgan fingerprint density at radius 1 is 1.23 bits per heavy atom. The van der Waals surface area contributed by atoms with Crippen LogP contribution in [0.15, 0.2) is 50.6 Å². The summed E-state index contributed by atoms with van der Waals surface area (Å²) in [4.78, 5) is 14.2. The first-order valence-electron chi connectivity index (χ1n) is 10.2. The molecule has 1 saturated carbocycles. The largest absolute Gasteiger partial charge is 0.467 e. The standard InChI is InChI=1S/C20H22N6O2S2/c27-19(13-30-20-21-23-24-25(20)14-6-2-1-3-7-14)26-16(17-8-4-10-28-17)12-15(22-26)18-9-5-11-29-18/h4-5,8-11,14,16H,1-3,6-7,12-13H2/t16-/m0/s1. The molecule has 5 rings (SSSR count). The first kappa shape index (κ1) is 19.5. The Bertz CT molecular complexity index is 1010. The summed E-state index contributed by atoms with van der Waals surface area (Å²) in [5, 5.41) is 21.1. The van der Waals surface area contributed by atoms with Crippen LogP contribution in [0.4, 0.5) is 0 Å². The van der Waals surface area contributed by atoms with Crippen molar-refractivity contribution in [2.75, 3.05) is 5.75 Å². The summed E-state index contributed by atoms with van der Waals surface area (Å²) in [6, 6.07) is 7.87. The quantitative estimate of drug-likeness (QED) is 0.529. The summed E-state index contributed by atoms with van der Waals surface area (Å²) in [6.45, 7) is 0. The lowest BCUT2D eigenvalue weighted by Crippen LogP contribution is -2.28. The third-order valence-electron chi connectivity index (χ3n) is 5.55. The van der Waals surface area contributed by atoms with Crippen molar-refractivity contribution >= 4 is 34.7 Å². The molecule has 0 saturated heterocycles. The van der Waals surface area contributed by atoms with Gasteiger partial charge in [0.2, 0.25) is 5.16 Å². The lowest BCUT2D eigenvalue weighted by atomic mass is 9.96. The van der Waals surface area contributed by atoms with Crippen LogP contribution in [0.2, 0.25) is 0 Å². The van der Waals surface area contributed by atoms with Crippen molar-refractivity contribution in [2.24, 2.45) is 5.10 Å². The maximum atomic E-state index is 13.1. The molecule has 1 aliphatic carbocycles. The summed E-state index contributed by atoms with van der Waals surface area (Å²) < 4.78 is 7.50. The highest BCUT2D eigenvalue weighted by Crippen LogP contribution is 2.35. The molecule has 0 unspecified atom stereocenters. The number of tetrazole rings is 1. The van der Waals surface area contributed by atoms with E-state index < -0.39 is 0 Å². The van der Waals surface area contributed by atoms with Crippen LogP contribution in [0.25, 0.3) is 0 Å². The van der Waals surface area contributed by atoms with Gasteiger partial charge in [0.05, 0.1) is 28.6 Å². The third kappa shape index (κ3) is 3.93. The Morgan fingerprint density at radius 2 is 2.13 bits per heavy atom. The SMILES string of the molecule is O=C(CSc1nnnn1C1CCCCC1)N1N=C(c2cccs2)C[C@H]1c1ccco1. The van der Waals surface area contributed by atoms with Gasteiger partial charge in [0.1, 0.15) is 11.8 Å². The molecule has 1 atom stereocenters. The monoisotopic (exact) mass is 442 g/mol. The zero-order chi connectivity index (χ0) is 20.3. The predicted molar refractivity (Wildman–Crippen MR) is 114 cm³/mol. The second kappa shape index (κ2) is 8.73. The average Bonchev–Trinajstić information content (AvgIpc) is 3.57. The van der Waals surface area contributed by atoms with Gasteiger partial charge in [0.25, 0.3) is 5.91 Å². The second-order valence-corrected chi connectivity index (χ2v) is 9.37. The molecular formula is C20H22N6O2S2. The number of amides is 1. The normalized spacial score (nSPS) is 19.9. The fraction of sp³-hybridized carbons (Fsp3) is 0.450. The van der Waals surface area contributed by atoms with Gasteiger partial charge in [-0.25, -0.2) is 9.69 Å². The molecule has 1 fully saturated rings. The van der Waals surface area contributed by atoms with Crippen molar-refractivity contribution in [3.63, 3.8) is 0 Å². The van der Waals surface area contributed by atoms with E-state index in [-0.39, 0.29) is 17.7 Å².